The Morgan fingerprint density at radius 2 is 1.71 bits per heavy atom. The molecule has 0 aliphatic carbocycles. The first-order chi connectivity index (χ1) is 13.7. The lowest BCUT2D eigenvalue weighted by atomic mass is 9.78. The summed E-state index contributed by atoms with van der Waals surface area (Å²) in [5.74, 6) is 0.332. The van der Waals surface area contributed by atoms with Gasteiger partial charge in [0.25, 0.3) is 5.91 Å². The third kappa shape index (κ3) is 3.53. The topological polar surface area (TPSA) is 53.5 Å². The minimum Gasteiger partial charge on any atom is -0.337 e. The van der Waals surface area contributed by atoms with Crippen molar-refractivity contribution in [3.63, 3.8) is 0 Å². The summed E-state index contributed by atoms with van der Waals surface area (Å²) in [6, 6.07) is 15.9. The molecule has 0 spiro atoms. The summed E-state index contributed by atoms with van der Waals surface area (Å²) in [5.41, 5.74) is 1.74. The molecular weight excluding hydrogens is 350 g/mol. The summed E-state index contributed by atoms with van der Waals surface area (Å²) in [5, 5.41) is 0. The molecule has 0 radical (unpaired) electrons. The standard InChI is InChI=1S/C23H27N3O2/c1-17(27)25-15-8-6-12-21-22(25)19(18-9-3-2-4-10-18)13-16-26(21)23(28)20-11-5-7-14-24-20/h2-5,7,9-11,14,19,21-22H,6,8,12-13,15-16H2,1H3/t19-,21-,22-/m1/s1. The molecule has 2 aliphatic rings. The minimum absolute atomic E-state index is 0.0174. The Bertz CT molecular complexity index is 824. The zero-order valence-electron chi connectivity index (χ0n) is 16.3. The number of carbonyl (C=O) groups excluding carboxylic acids is 2. The van der Waals surface area contributed by atoms with Gasteiger partial charge in [-0.2, -0.15) is 0 Å². The van der Waals surface area contributed by atoms with E-state index in [2.05, 4.69) is 29.2 Å². The Morgan fingerprint density at radius 1 is 0.929 bits per heavy atom. The molecular formula is C23H27N3O2. The molecule has 5 heteroatoms. The number of nitrogens with zero attached hydrogens (tertiary/aromatic N) is 3. The van der Waals surface area contributed by atoms with E-state index in [9.17, 15) is 9.59 Å². The van der Waals surface area contributed by atoms with Crippen molar-refractivity contribution in [3.8, 4) is 0 Å². The van der Waals surface area contributed by atoms with Gasteiger partial charge in [-0.3, -0.25) is 14.6 Å². The summed E-state index contributed by atoms with van der Waals surface area (Å²) in [7, 11) is 0. The van der Waals surface area contributed by atoms with Crippen LogP contribution in [0.15, 0.2) is 54.7 Å². The van der Waals surface area contributed by atoms with Crippen LogP contribution in [0.5, 0.6) is 0 Å². The zero-order valence-corrected chi connectivity index (χ0v) is 16.3. The lowest BCUT2D eigenvalue weighted by molar-refractivity contribution is -0.133. The summed E-state index contributed by atoms with van der Waals surface area (Å²) in [6.45, 7) is 3.12. The second-order valence-electron chi connectivity index (χ2n) is 7.79. The van der Waals surface area contributed by atoms with Crippen molar-refractivity contribution in [1.29, 1.82) is 0 Å². The third-order valence-electron chi connectivity index (χ3n) is 6.17. The van der Waals surface area contributed by atoms with E-state index in [4.69, 9.17) is 0 Å². The first kappa shape index (κ1) is 18.7. The van der Waals surface area contributed by atoms with Gasteiger partial charge >= 0.3 is 0 Å². The van der Waals surface area contributed by atoms with Crippen molar-refractivity contribution in [1.82, 2.24) is 14.8 Å². The highest BCUT2D eigenvalue weighted by atomic mass is 16.2. The second kappa shape index (κ2) is 8.13. The van der Waals surface area contributed by atoms with Crippen molar-refractivity contribution < 1.29 is 9.59 Å². The van der Waals surface area contributed by atoms with E-state index in [0.717, 1.165) is 32.2 Å². The highest BCUT2D eigenvalue weighted by Gasteiger charge is 2.45. The van der Waals surface area contributed by atoms with Crippen LogP contribution in [-0.2, 0) is 4.79 Å². The average Bonchev–Trinajstić information content (AvgIpc) is 2.97. The van der Waals surface area contributed by atoms with E-state index in [-0.39, 0.29) is 29.8 Å². The Hall–Kier alpha value is -2.69. The number of carbonyl (C=O) groups is 2. The highest BCUT2D eigenvalue weighted by Crippen LogP contribution is 2.39. The number of amides is 2. The van der Waals surface area contributed by atoms with Crippen LogP contribution in [0.1, 0.15) is 54.6 Å². The average molecular weight is 377 g/mol. The van der Waals surface area contributed by atoms with E-state index in [0.29, 0.717) is 12.2 Å². The number of hydrogen-bond acceptors (Lipinski definition) is 3. The fraction of sp³-hybridized carbons (Fsp3) is 0.435. The summed E-state index contributed by atoms with van der Waals surface area (Å²) >= 11 is 0. The smallest absolute Gasteiger partial charge is 0.272 e. The van der Waals surface area contributed by atoms with E-state index >= 15 is 0 Å². The van der Waals surface area contributed by atoms with Crippen LogP contribution in [0.25, 0.3) is 0 Å². The van der Waals surface area contributed by atoms with Crippen LogP contribution in [0.4, 0.5) is 0 Å². The summed E-state index contributed by atoms with van der Waals surface area (Å²) < 4.78 is 0. The molecule has 5 nitrogen and oxygen atoms in total. The number of benzene rings is 1. The number of piperidine rings is 1. The summed E-state index contributed by atoms with van der Waals surface area (Å²) in [6.07, 6.45) is 5.46. The van der Waals surface area contributed by atoms with Crippen LogP contribution in [0, 0.1) is 0 Å². The maximum atomic E-state index is 13.2. The van der Waals surface area contributed by atoms with E-state index < -0.39 is 0 Å². The number of likely N-dealkylation sites (tertiary alicyclic amines) is 2. The van der Waals surface area contributed by atoms with Crippen molar-refractivity contribution in [3.05, 3.63) is 66.0 Å². The molecule has 0 N–H and O–H groups in total. The van der Waals surface area contributed by atoms with Crippen LogP contribution in [0.2, 0.25) is 0 Å². The number of fused-ring (bicyclic) bond motifs is 1. The molecule has 3 heterocycles. The molecule has 0 saturated carbocycles. The first-order valence-electron chi connectivity index (χ1n) is 10.2. The van der Waals surface area contributed by atoms with Gasteiger partial charge in [-0.05, 0) is 43.4 Å². The Morgan fingerprint density at radius 3 is 2.43 bits per heavy atom. The second-order valence-corrected chi connectivity index (χ2v) is 7.79. The highest BCUT2D eigenvalue weighted by molar-refractivity contribution is 5.92. The lowest BCUT2D eigenvalue weighted by Gasteiger charge is -2.49. The van der Waals surface area contributed by atoms with Gasteiger partial charge in [0.05, 0.1) is 12.1 Å². The molecule has 28 heavy (non-hydrogen) atoms. The number of hydrogen-bond donors (Lipinski definition) is 0. The van der Waals surface area contributed by atoms with E-state index in [1.165, 1.54) is 5.56 Å². The lowest BCUT2D eigenvalue weighted by Crippen LogP contribution is -2.60. The monoisotopic (exact) mass is 377 g/mol. The predicted molar refractivity (Wildman–Crippen MR) is 108 cm³/mol. The Labute approximate surface area is 166 Å². The molecule has 3 atom stereocenters. The molecule has 2 fully saturated rings. The van der Waals surface area contributed by atoms with Gasteiger partial charge < -0.3 is 9.80 Å². The Balaban J connectivity index is 1.72. The fourth-order valence-electron chi connectivity index (χ4n) is 4.92. The van der Waals surface area contributed by atoms with Crippen LogP contribution < -0.4 is 0 Å². The molecule has 4 rings (SSSR count). The molecule has 146 valence electrons. The van der Waals surface area contributed by atoms with E-state index in [1.54, 1.807) is 19.2 Å². The van der Waals surface area contributed by atoms with Crippen LogP contribution in [0.3, 0.4) is 0 Å². The molecule has 1 aromatic carbocycles. The van der Waals surface area contributed by atoms with Gasteiger partial charge in [-0.25, -0.2) is 0 Å². The third-order valence-corrected chi connectivity index (χ3v) is 6.17. The summed E-state index contributed by atoms with van der Waals surface area (Å²) in [4.78, 5) is 34.1. The first-order valence-corrected chi connectivity index (χ1v) is 10.2. The molecule has 0 unspecified atom stereocenters. The van der Waals surface area contributed by atoms with Gasteiger partial charge in [-0.15, -0.1) is 0 Å². The van der Waals surface area contributed by atoms with Crippen molar-refractivity contribution in [2.24, 2.45) is 0 Å². The van der Waals surface area contributed by atoms with Crippen LogP contribution in [-0.4, -0.2) is 51.8 Å². The molecule has 2 aromatic rings. The normalized spacial score (nSPS) is 25.0. The Kier molecular flexibility index (Phi) is 5.42. The molecule has 2 saturated heterocycles. The SMILES string of the molecule is CC(=O)N1CCCC[C@@H]2[C@H]1[C@@H](c1ccccc1)CCN2C(=O)c1ccccn1. The van der Waals surface area contributed by atoms with Gasteiger partial charge in [0.15, 0.2) is 0 Å². The molecule has 2 amide bonds. The zero-order chi connectivity index (χ0) is 19.5. The minimum atomic E-state index is -0.0208. The van der Waals surface area contributed by atoms with E-state index in [1.807, 2.05) is 28.0 Å². The molecule has 0 bridgehead atoms. The van der Waals surface area contributed by atoms with Gasteiger partial charge in [0.1, 0.15) is 5.69 Å². The quantitative estimate of drug-likeness (QED) is 0.805. The molecule has 2 aliphatic heterocycles. The van der Waals surface area contributed by atoms with Crippen molar-refractivity contribution in [2.45, 2.75) is 50.6 Å². The number of pyridine rings is 1. The maximum Gasteiger partial charge on any atom is 0.272 e. The fourth-order valence-corrected chi connectivity index (χ4v) is 4.92. The van der Waals surface area contributed by atoms with Gasteiger partial charge in [-0.1, -0.05) is 36.4 Å². The number of aromatic nitrogens is 1. The van der Waals surface area contributed by atoms with Crippen molar-refractivity contribution in [2.75, 3.05) is 13.1 Å². The molecule has 1 aromatic heterocycles. The maximum absolute atomic E-state index is 13.2. The van der Waals surface area contributed by atoms with Crippen LogP contribution >= 0.6 is 0 Å². The number of rotatable bonds is 2. The largest absolute Gasteiger partial charge is 0.337 e. The predicted octanol–water partition coefficient (Wildman–Crippen LogP) is 3.48. The van der Waals surface area contributed by atoms with Gasteiger partial charge in [0.2, 0.25) is 5.91 Å². The van der Waals surface area contributed by atoms with Gasteiger partial charge in [0, 0.05) is 32.1 Å². The van der Waals surface area contributed by atoms with Crippen molar-refractivity contribution >= 4 is 11.8 Å².